The van der Waals surface area contributed by atoms with Gasteiger partial charge in [-0.3, -0.25) is 9.89 Å². The van der Waals surface area contributed by atoms with Crippen LogP contribution in [0.4, 0.5) is 5.82 Å². The van der Waals surface area contributed by atoms with Crippen molar-refractivity contribution in [3.8, 4) is 0 Å². The maximum Gasteiger partial charge on any atom is 0.257 e. The Bertz CT molecular complexity index is 1160. The fraction of sp³-hybridized carbons (Fsp3) is 0.391. The highest BCUT2D eigenvalue weighted by molar-refractivity contribution is 7.89. The molecule has 1 saturated carbocycles. The number of rotatable bonds is 8. The van der Waals surface area contributed by atoms with Crippen LogP contribution in [0.1, 0.15) is 59.5 Å². The quantitative estimate of drug-likeness (QED) is 0.470. The average molecular weight is 457 g/mol. The zero-order chi connectivity index (χ0) is 22.6. The lowest BCUT2D eigenvalue weighted by molar-refractivity contribution is 0.102. The fourth-order valence-electron chi connectivity index (χ4n) is 4.09. The molecule has 1 aliphatic rings. The van der Waals surface area contributed by atoms with Gasteiger partial charge >= 0.3 is 0 Å². The lowest BCUT2D eigenvalue weighted by Gasteiger charge is -2.20. The number of aryl methyl sites for hydroxylation is 1. The number of amides is 1. The first kappa shape index (κ1) is 22.3. The summed E-state index contributed by atoms with van der Waals surface area (Å²) in [6, 6.07) is 9.71. The van der Waals surface area contributed by atoms with Crippen LogP contribution >= 0.6 is 0 Å². The smallest absolute Gasteiger partial charge is 0.257 e. The molecule has 2 aromatic heterocycles. The van der Waals surface area contributed by atoms with Crippen LogP contribution in [0.25, 0.3) is 0 Å². The number of hydrogen-bond donors (Lipinski definition) is 3. The number of furan rings is 1. The van der Waals surface area contributed by atoms with Gasteiger partial charge < -0.3 is 9.73 Å². The summed E-state index contributed by atoms with van der Waals surface area (Å²) in [6.07, 6.45) is 8.73. The zero-order valence-electron chi connectivity index (χ0n) is 18.1. The maximum absolute atomic E-state index is 12.9. The van der Waals surface area contributed by atoms with E-state index in [0.29, 0.717) is 23.1 Å². The molecule has 170 valence electrons. The second kappa shape index (κ2) is 9.70. The highest BCUT2D eigenvalue weighted by atomic mass is 32.2. The van der Waals surface area contributed by atoms with Gasteiger partial charge in [0.15, 0.2) is 5.82 Å². The molecule has 0 radical (unpaired) electrons. The van der Waals surface area contributed by atoms with E-state index in [1.807, 2.05) is 6.07 Å². The fourth-order valence-corrected chi connectivity index (χ4v) is 5.11. The van der Waals surface area contributed by atoms with Crippen LogP contribution in [0.3, 0.4) is 0 Å². The van der Waals surface area contributed by atoms with Crippen molar-refractivity contribution in [3.63, 3.8) is 0 Å². The molecule has 0 saturated heterocycles. The Morgan fingerprint density at radius 3 is 2.75 bits per heavy atom. The number of nitrogens with zero attached hydrogens (tertiary/aromatic N) is 1. The monoisotopic (exact) mass is 456 g/mol. The van der Waals surface area contributed by atoms with Crippen LogP contribution in [0, 0.1) is 12.8 Å². The number of benzene rings is 1. The second-order valence-electron chi connectivity index (χ2n) is 8.32. The lowest BCUT2D eigenvalue weighted by Crippen LogP contribution is -2.24. The molecule has 9 heteroatoms. The minimum atomic E-state index is -3.81. The molecule has 3 N–H and O–H groups in total. The molecule has 0 atom stereocenters. The summed E-state index contributed by atoms with van der Waals surface area (Å²) in [5.41, 5.74) is 1.95. The van der Waals surface area contributed by atoms with E-state index in [2.05, 4.69) is 20.2 Å². The summed E-state index contributed by atoms with van der Waals surface area (Å²) in [7, 11) is -3.81. The normalized spacial score (nSPS) is 15.0. The van der Waals surface area contributed by atoms with Crippen LogP contribution in [0.15, 0.2) is 52.0 Å². The van der Waals surface area contributed by atoms with E-state index in [9.17, 15) is 13.2 Å². The number of anilines is 1. The Hall–Kier alpha value is -2.91. The van der Waals surface area contributed by atoms with Gasteiger partial charge in [0.25, 0.3) is 5.91 Å². The first-order valence-electron chi connectivity index (χ1n) is 10.9. The van der Waals surface area contributed by atoms with E-state index in [4.69, 9.17) is 4.42 Å². The Morgan fingerprint density at radius 1 is 1.19 bits per heavy atom. The molecule has 2 heterocycles. The van der Waals surface area contributed by atoms with E-state index in [-0.39, 0.29) is 17.0 Å². The van der Waals surface area contributed by atoms with Gasteiger partial charge in [-0.25, -0.2) is 13.1 Å². The predicted molar refractivity (Wildman–Crippen MR) is 121 cm³/mol. The van der Waals surface area contributed by atoms with Crippen molar-refractivity contribution in [2.45, 2.75) is 56.9 Å². The minimum absolute atomic E-state index is 0.0137. The van der Waals surface area contributed by atoms with Crippen molar-refractivity contribution in [3.05, 3.63) is 65.2 Å². The van der Waals surface area contributed by atoms with Gasteiger partial charge in [0, 0.05) is 17.3 Å². The molecular formula is C23H28N4O4S. The van der Waals surface area contributed by atoms with Crippen LogP contribution in [0.5, 0.6) is 0 Å². The van der Waals surface area contributed by atoms with Crippen molar-refractivity contribution in [2.24, 2.45) is 5.92 Å². The highest BCUT2D eigenvalue weighted by Crippen LogP contribution is 2.27. The predicted octanol–water partition coefficient (Wildman–Crippen LogP) is 4.16. The number of aromatic nitrogens is 2. The molecule has 4 rings (SSSR count). The van der Waals surface area contributed by atoms with Gasteiger partial charge in [-0.05, 0) is 49.1 Å². The molecule has 1 aromatic carbocycles. The zero-order valence-corrected chi connectivity index (χ0v) is 18.9. The third-order valence-corrected chi connectivity index (χ3v) is 7.29. The summed E-state index contributed by atoms with van der Waals surface area (Å²) >= 11 is 0. The summed E-state index contributed by atoms with van der Waals surface area (Å²) in [4.78, 5) is 12.9. The van der Waals surface area contributed by atoms with E-state index in [1.165, 1.54) is 50.5 Å². The summed E-state index contributed by atoms with van der Waals surface area (Å²) in [6.45, 7) is 1.79. The maximum atomic E-state index is 12.9. The van der Waals surface area contributed by atoms with E-state index in [0.717, 1.165) is 12.1 Å². The van der Waals surface area contributed by atoms with Gasteiger partial charge in [0.2, 0.25) is 10.0 Å². The third kappa shape index (κ3) is 5.46. The first-order chi connectivity index (χ1) is 15.4. The Morgan fingerprint density at radius 2 is 2.00 bits per heavy atom. The Balaban J connectivity index is 1.43. The molecule has 32 heavy (non-hydrogen) atoms. The van der Waals surface area contributed by atoms with E-state index in [1.54, 1.807) is 25.1 Å². The van der Waals surface area contributed by atoms with Crippen molar-refractivity contribution < 1.29 is 17.6 Å². The molecule has 1 amide bonds. The number of carbonyl (C=O) groups excluding carboxylic acids is 1. The first-order valence-corrected chi connectivity index (χ1v) is 12.4. The molecule has 0 spiro atoms. The minimum Gasteiger partial charge on any atom is -0.468 e. The van der Waals surface area contributed by atoms with E-state index < -0.39 is 15.9 Å². The molecular weight excluding hydrogens is 428 g/mol. The molecule has 0 unspecified atom stereocenters. The number of hydrogen-bond acceptors (Lipinski definition) is 5. The van der Waals surface area contributed by atoms with Gasteiger partial charge in [0.05, 0.1) is 17.7 Å². The summed E-state index contributed by atoms with van der Waals surface area (Å²) in [5.74, 6) is 1.19. The van der Waals surface area contributed by atoms with Crippen molar-refractivity contribution >= 4 is 21.7 Å². The Kier molecular flexibility index (Phi) is 6.76. The second-order valence-corrected chi connectivity index (χ2v) is 10.1. The number of sulfonamides is 1. The number of carbonyl (C=O) groups is 1. The van der Waals surface area contributed by atoms with Crippen molar-refractivity contribution in [1.82, 2.24) is 14.9 Å². The molecule has 1 fully saturated rings. The lowest BCUT2D eigenvalue weighted by atomic mass is 9.86. The van der Waals surface area contributed by atoms with Gasteiger partial charge in [0.1, 0.15) is 5.76 Å². The van der Waals surface area contributed by atoms with Crippen LogP contribution in [-0.4, -0.2) is 24.5 Å². The molecule has 1 aliphatic carbocycles. The summed E-state index contributed by atoms with van der Waals surface area (Å²) in [5, 5.41) is 10.00. The standard InChI is InChI=1S/C23H28N4O4S/c1-16-9-10-20(32(29,30)24-15-19-8-5-11-31-19)14-21(16)23(28)25-22-13-18(26-27-22)12-17-6-3-2-4-7-17/h5,8-11,13-14,17,24H,2-4,6-7,12,15H2,1H3,(H2,25,26,27,28). The SMILES string of the molecule is Cc1ccc(S(=O)(=O)NCc2ccco2)cc1C(=O)Nc1cc(CC2CCCCC2)[nH]n1. The van der Waals surface area contributed by atoms with E-state index >= 15 is 0 Å². The van der Waals surface area contributed by atoms with Gasteiger partial charge in [-0.15, -0.1) is 0 Å². The van der Waals surface area contributed by atoms with Gasteiger partial charge in [-0.2, -0.15) is 5.10 Å². The van der Waals surface area contributed by atoms with Crippen molar-refractivity contribution in [1.29, 1.82) is 0 Å². The third-order valence-electron chi connectivity index (χ3n) is 5.89. The summed E-state index contributed by atoms with van der Waals surface area (Å²) < 4.78 is 33.0. The topological polar surface area (TPSA) is 117 Å². The molecule has 3 aromatic rings. The highest BCUT2D eigenvalue weighted by Gasteiger charge is 2.20. The number of aromatic amines is 1. The number of nitrogens with one attached hydrogen (secondary N) is 3. The Labute approximate surface area is 187 Å². The van der Waals surface area contributed by atoms with Crippen LogP contribution in [-0.2, 0) is 23.0 Å². The number of H-pyrrole nitrogens is 1. The largest absolute Gasteiger partial charge is 0.468 e. The van der Waals surface area contributed by atoms with Crippen LogP contribution < -0.4 is 10.0 Å². The average Bonchev–Trinajstić information content (AvgIpc) is 3.45. The molecule has 0 bridgehead atoms. The van der Waals surface area contributed by atoms with Gasteiger partial charge in [-0.1, -0.05) is 38.2 Å². The van der Waals surface area contributed by atoms with Crippen molar-refractivity contribution in [2.75, 3.05) is 5.32 Å². The molecule has 8 nitrogen and oxygen atoms in total. The molecule has 0 aliphatic heterocycles. The van der Waals surface area contributed by atoms with Crippen LogP contribution in [0.2, 0.25) is 0 Å².